The summed E-state index contributed by atoms with van der Waals surface area (Å²) in [5, 5.41) is 10.6. The smallest absolute Gasteiger partial charge is 0.347 e. The summed E-state index contributed by atoms with van der Waals surface area (Å²) in [6.45, 7) is 18.1. The molecule has 4 unspecified atom stereocenters. The van der Waals surface area contributed by atoms with Crippen molar-refractivity contribution in [3.05, 3.63) is 0 Å². The molecule has 1 heterocycles. The lowest BCUT2D eigenvalue weighted by Crippen LogP contribution is -2.60. The number of carbonyl (C=O) groups excluding carboxylic acids is 4. The van der Waals surface area contributed by atoms with Crippen LogP contribution in [0.2, 0.25) is 0 Å². The van der Waals surface area contributed by atoms with E-state index < -0.39 is 23.1 Å². The Morgan fingerprint density at radius 2 is 1.31 bits per heavy atom. The van der Waals surface area contributed by atoms with Crippen molar-refractivity contribution in [3.8, 4) is 0 Å². The third kappa shape index (κ3) is 8.64. The summed E-state index contributed by atoms with van der Waals surface area (Å²) in [7, 11) is 0. The minimum absolute atomic E-state index is 0.0185. The Labute approximate surface area is 307 Å². The average Bonchev–Trinajstić information content (AvgIpc) is 3.45. The van der Waals surface area contributed by atoms with E-state index in [0.717, 1.165) is 50.4 Å². The van der Waals surface area contributed by atoms with E-state index in [1.807, 2.05) is 34.6 Å². The number of hydrogen-bond donors (Lipinski definition) is 1. The molecule has 9 fully saturated rings. The van der Waals surface area contributed by atoms with Gasteiger partial charge in [-0.3, -0.25) is 14.4 Å². The Balaban J connectivity index is 0.000000150. The van der Waals surface area contributed by atoms with Crippen LogP contribution < -0.4 is 0 Å². The first kappa shape index (κ1) is 40.0. The summed E-state index contributed by atoms with van der Waals surface area (Å²) in [5.41, 5.74) is -1.91. The maximum Gasteiger partial charge on any atom is 0.347 e. The van der Waals surface area contributed by atoms with Crippen LogP contribution in [-0.2, 0) is 38.1 Å². The van der Waals surface area contributed by atoms with E-state index in [2.05, 4.69) is 13.8 Å². The SMILES string of the molecule is CCC(C)(C)C(=O)OC1(C)C2CC3CC(C2)CC1C3.CCC(C)(C)C(=O)OC1CCOC1=O.CCC(C)C(=O)OC12CC3CC(CC(O)(C3)C1)C2. The van der Waals surface area contributed by atoms with Crippen molar-refractivity contribution in [2.75, 3.05) is 6.61 Å². The Morgan fingerprint density at radius 1 is 0.804 bits per heavy atom. The number of esters is 4. The summed E-state index contributed by atoms with van der Waals surface area (Å²) in [5.74, 6) is 3.42. The highest BCUT2D eigenvalue weighted by Crippen LogP contribution is 2.60. The normalized spacial score (nSPS) is 39.2. The molecule has 0 aromatic carbocycles. The molecule has 8 bridgehead atoms. The Hall–Kier alpha value is -2.16. The lowest BCUT2D eigenvalue weighted by molar-refractivity contribution is -0.222. The van der Waals surface area contributed by atoms with E-state index in [1.165, 1.54) is 38.5 Å². The number of carbonyl (C=O) groups is 4. The Morgan fingerprint density at radius 3 is 1.76 bits per heavy atom. The standard InChI is InChI=1S/C17H28O2.C15H24O3.C10H16O4/c1-5-16(2,3)15(18)19-17(4)13-7-11-6-12(9-13)10-14(17)8-11;1-3-10(2)13(16)18-15-7-11-4-12(8-15)6-14(17,5-11)9-15;1-4-10(2,3)9(12)14-7-5-6-13-8(7)11/h11-14H,5-10H2,1-4H3;10-12,17H,3-9H2,1-2H3;7H,4-6H2,1-3H3. The van der Waals surface area contributed by atoms with Crippen molar-refractivity contribution in [2.24, 2.45) is 52.3 Å². The van der Waals surface area contributed by atoms with Gasteiger partial charge in [0.1, 0.15) is 11.2 Å². The van der Waals surface area contributed by atoms with E-state index in [1.54, 1.807) is 13.8 Å². The van der Waals surface area contributed by atoms with Gasteiger partial charge in [-0.2, -0.15) is 0 Å². The van der Waals surface area contributed by atoms with E-state index in [-0.39, 0.29) is 40.4 Å². The molecule has 8 aliphatic carbocycles. The van der Waals surface area contributed by atoms with Gasteiger partial charge in [0, 0.05) is 12.8 Å². The fourth-order valence-corrected chi connectivity index (χ4v) is 10.5. The molecule has 9 aliphatic rings. The summed E-state index contributed by atoms with van der Waals surface area (Å²) >= 11 is 0. The van der Waals surface area contributed by atoms with Crippen molar-refractivity contribution in [3.63, 3.8) is 0 Å². The number of cyclic esters (lactones) is 1. The Kier molecular flexibility index (Phi) is 11.7. The van der Waals surface area contributed by atoms with Crippen molar-refractivity contribution < 1.29 is 43.2 Å². The van der Waals surface area contributed by atoms with Crippen LogP contribution >= 0.6 is 0 Å². The van der Waals surface area contributed by atoms with Crippen LogP contribution in [0, 0.1) is 52.3 Å². The van der Waals surface area contributed by atoms with Crippen LogP contribution in [0.25, 0.3) is 0 Å². The van der Waals surface area contributed by atoms with Crippen LogP contribution in [0.4, 0.5) is 0 Å². The van der Waals surface area contributed by atoms with Crippen LogP contribution in [0.1, 0.15) is 159 Å². The fourth-order valence-electron chi connectivity index (χ4n) is 10.5. The van der Waals surface area contributed by atoms with Crippen molar-refractivity contribution in [2.45, 2.75) is 182 Å². The predicted molar refractivity (Wildman–Crippen MR) is 193 cm³/mol. The van der Waals surface area contributed by atoms with Gasteiger partial charge in [0.15, 0.2) is 0 Å². The number of ether oxygens (including phenoxy) is 4. The fraction of sp³-hybridized carbons (Fsp3) is 0.905. The molecule has 0 aromatic heterocycles. The first-order valence-electron chi connectivity index (χ1n) is 20.3. The van der Waals surface area contributed by atoms with E-state index >= 15 is 0 Å². The van der Waals surface area contributed by atoms with Crippen LogP contribution in [0.5, 0.6) is 0 Å². The molecule has 9 nitrogen and oxygen atoms in total. The number of rotatable bonds is 9. The lowest BCUT2D eigenvalue weighted by atomic mass is 9.50. The maximum absolute atomic E-state index is 12.5. The molecule has 290 valence electrons. The molecule has 1 N–H and O–H groups in total. The zero-order valence-electron chi connectivity index (χ0n) is 33.1. The van der Waals surface area contributed by atoms with Crippen molar-refractivity contribution >= 4 is 23.9 Å². The predicted octanol–water partition coefficient (Wildman–Crippen LogP) is 8.12. The zero-order chi connectivity index (χ0) is 37.6. The van der Waals surface area contributed by atoms with Crippen molar-refractivity contribution in [1.82, 2.24) is 0 Å². The van der Waals surface area contributed by atoms with Gasteiger partial charge in [0.2, 0.25) is 6.10 Å². The highest BCUT2D eigenvalue weighted by molar-refractivity contribution is 5.82. The first-order valence-corrected chi connectivity index (χ1v) is 20.3. The van der Waals surface area contributed by atoms with E-state index in [0.29, 0.717) is 49.5 Å². The van der Waals surface area contributed by atoms with Gasteiger partial charge < -0.3 is 24.1 Å². The van der Waals surface area contributed by atoms with Gasteiger partial charge in [0.05, 0.1) is 29.0 Å². The second kappa shape index (κ2) is 14.9. The third-order valence-electron chi connectivity index (χ3n) is 14.4. The van der Waals surface area contributed by atoms with Crippen LogP contribution in [-0.4, -0.2) is 58.5 Å². The zero-order valence-corrected chi connectivity index (χ0v) is 33.1. The molecule has 0 aromatic rings. The third-order valence-corrected chi connectivity index (χ3v) is 14.4. The topological polar surface area (TPSA) is 125 Å². The summed E-state index contributed by atoms with van der Waals surface area (Å²) in [6, 6.07) is 0. The summed E-state index contributed by atoms with van der Waals surface area (Å²) in [4.78, 5) is 47.1. The second-order valence-electron chi connectivity index (χ2n) is 19.3. The van der Waals surface area contributed by atoms with Gasteiger partial charge in [-0.15, -0.1) is 0 Å². The molecular formula is C42H68O9. The second-order valence-corrected chi connectivity index (χ2v) is 19.3. The van der Waals surface area contributed by atoms with Gasteiger partial charge in [-0.05, 0) is 154 Å². The maximum atomic E-state index is 12.5. The minimum Gasteiger partial charge on any atom is -0.463 e. The molecule has 4 atom stereocenters. The molecule has 0 radical (unpaired) electrons. The van der Waals surface area contributed by atoms with Crippen LogP contribution in [0.3, 0.4) is 0 Å². The molecule has 1 aliphatic heterocycles. The highest BCUT2D eigenvalue weighted by Gasteiger charge is 2.60. The number of aliphatic hydroxyl groups is 1. The van der Waals surface area contributed by atoms with Gasteiger partial charge in [-0.25, -0.2) is 4.79 Å². The van der Waals surface area contributed by atoms with Crippen molar-refractivity contribution in [1.29, 1.82) is 0 Å². The average molecular weight is 717 g/mol. The molecule has 0 amide bonds. The lowest BCUT2D eigenvalue weighted by Gasteiger charge is -2.59. The van der Waals surface area contributed by atoms with Crippen LogP contribution in [0.15, 0.2) is 0 Å². The first-order chi connectivity index (χ1) is 23.8. The molecule has 1 saturated heterocycles. The molecule has 0 spiro atoms. The van der Waals surface area contributed by atoms with E-state index in [4.69, 9.17) is 18.9 Å². The summed E-state index contributed by atoms with van der Waals surface area (Å²) in [6.07, 6.45) is 14.5. The molecule has 8 saturated carbocycles. The summed E-state index contributed by atoms with van der Waals surface area (Å²) < 4.78 is 21.8. The highest BCUT2D eigenvalue weighted by atomic mass is 16.6. The number of hydrogen-bond acceptors (Lipinski definition) is 9. The minimum atomic E-state index is -0.687. The largest absolute Gasteiger partial charge is 0.463 e. The molecule has 51 heavy (non-hydrogen) atoms. The quantitative estimate of drug-likeness (QED) is 0.186. The van der Waals surface area contributed by atoms with E-state index in [9.17, 15) is 24.3 Å². The van der Waals surface area contributed by atoms with Gasteiger partial charge in [0.25, 0.3) is 0 Å². The van der Waals surface area contributed by atoms with Gasteiger partial charge >= 0.3 is 23.9 Å². The molecule has 9 rings (SSSR count). The van der Waals surface area contributed by atoms with Gasteiger partial charge in [-0.1, -0.05) is 27.7 Å². The monoisotopic (exact) mass is 716 g/mol. The molecular weight excluding hydrogens is 648 g/mol. The Bertz CT molecular complexity index is 1260. The molecule has 9 heteroatoms.